The summed E-state index contributed by atoms with van der Waals surface area (Å²) in [7, 11) is 0. The minimum atomic E-state index is 0.260. The molecule has 98 valence electrons. The Kier molecular flexibility index (Phi) is 3.76. The fourth-order valence-electron chi connectivity index (χ4n) is 2.92. The number of nitrogens with zero attached hydrogens (tertiary/aromatic N) is 1. The standard InChI is InChI=1S/C14H26N2O/c1-4-9-16(11-5-7-15-8-6-11)13(17)12-10-14(12,2)3/h11-12,15H,4-10H2,1-3H3. The van der Waals surface area contributed by atoms with Crippen molar-refractivity contribution in [2.75, 3.05) is 19.6 Å². The number of nitrogens with one attached hydrogen (secondary N) is 1. The highest BCUT2D eigenvalue weighted by atomic mass is 16.2. The Labute approximate surface area is 105 Å². The first-order valence-electron chi connectivity index (χ1n) is 7.07. The van der Waals surface area contributed by atoms with Crippen LogP contribution in [0.3, 0.4) is 0 Å². The molecule has 1 atom stereocenters. The van der Waals surface area contributed by atoms with E-state index < -0.39 is 0 Å². The first-order chi connectivity index (χ1) is 8.06. The predicted octanol–water partition coefficient (Wildman–Crippen LogP) is 2.02. The third-order valence-corrected chi connectivity index (χ3v) is 4.31. The van der Waals surface area contributed by atoms with Crippen LogP contribution >= 0.6 is 0 Å². The van der Waals surface area contributed by atoms with Crippen LogP contribution in [0.15, 0.2) is 0 Å². The minimum Gasteiger partial charge on any atom is -0.339 e. The molecule has 2 aliphatic rings. The summed E-state index contributed by atoms with van der Waals surface area (Å²) in [5.41, 5.74) is 0.260. The van der Waals surface area contributed by atoms with Gasteiger partial charge in [0, 0.05) is 18.5 Å². The van der Waals surface area contributed by atoms with Crippen LogP contribution in [-0.2, 0) is 4.79 Å². The van der Waals surface area contributed by atoms with Gasteiger partial charge in [0.25, 0.3) is 0 Å². The number of amides is 1. The molecule has 1 N–H and O–H groups in total. The van der Waals surface area contributed by atoms with Crippen molar-refractivity contribution >= 4 is 5.91 Å². The molecule has 0 spiro atoms. The second-order valence-corrected chi connectivity index (χ2v) is 6.26. The van der Waals surface area contributed by atoms with Crippen LogP contribution in [0.2, 0.25) is 0 Å². The molecule has 1 saturated carbocycles. The van der Waals surface area contributed by atoms with Gasteiger partial charge in [-0.05, 0) is 44.2 Å². The van der Waals surface area contributed by atoms with Crippen LogP contribution in [0.1, 0.15) is 46.5 Å². The third kappa shape index (κ3) is 2.82. The highest BCUT2D eigenvalue weighted by Gasteiger charge is 2.52. The van der Waals surface area contributed by atoms with E-state index in [9.17, 15) is 4.79 Å². The van der Waals surface area contributed by atoms with Crippen molar-refractivity contribution in [3.63, 3.8) is 0 Å². The van der Waals surface area contributed by atoms with Gasteiger partial charge in [-0.1, -0.05) is 20.8 Å². The molecular formula is C14H26N2O. The Morgan fingerprint density at radius 3 is 2.41 bits per heavy atom. The van der Waals surface area contributed by atoms with Gasteiger partial charge in [-0.15, -0.1) is 0 Å². The van der Waals surface area contributed by atoms with E-state index in [1.807, 2.05) is 0 Å². The second-order valence-electron chi connectivity index (χ2n) is 6.26. The SMILES string of the molecule is CCCN(C(=O)C1CC1(C)C)C1CCNCC1. The summed E-state index contributed by atoms with van der Waals surface area (Å²) in [6.45, 7) is 9.65. The van der Waals surface area contributed by atoms with Crippen LogP contribution < -0.4 is 5.32 Å². The van der Waals surface area contributed by atoms with Gasteiger partial charge < -0.3 is 10.2 Å². The van der Waals surface area contributed by atoms with Gasteiger partial charge in [-0.2, -0.15) is 0 Å². The number of piperidine rings is 1. The summed E-state index contributed by atoms with van der Waals surface area (Å²) in [6.07, 6.45) is 4.40. The van der Waals surface area contributed by atoms with E-state index in [0.717, 1.165) is 45.3 Å². The van der Waals surface area contributed by atoms with E-state index in [1.54, 1.807) is 0 Å². The number of carbonyl (C=O) groups excluding carboxylic acids is 1. The number of carbonyl (C=O) groups is 1. The Morgan fingerprint density at radius 1 is 1.35 bits per heavy atom. The molecule has 0 aromatic carbocycles. The summed E-state index contributed by atoms with van der Waals surface area (Å²) >= 11 is 0. The molecule has 1 aliphatic heterocycles. The van der Waals surface area contributed by atoms with Crippen LogP contribution in [0.5, 0.6) is 0 Å². The lowest BCUT2D eigenvalue weighted by Gasteiger charge is -2.35. The summed E-state index contributed by atoms with van der Waals surface area (Å²) in [5.74, 6) is 0.715. The number of rotatable bonds is 4. The number of hydrogen-bond donors (Lipinski definition) is 1. The van der Waals surface area contributed by atoms with Gasteiger partial charge in [0.1, 0.15) is 0 Å². The van der Waals surface area contributed by atoms with E-state index in [-0.39, 0.29) is 5.41 Å². The third-order valence-electron chi connectivity index (χ3n) is 4.31. The molecule has 1 amide bonds. The molecule has 0 radical (unpaired) electrons. The lowest BCUT2D eigenvalue weighted by atomic mass is 10.0. The first-order valence-corrected chi connectivity index (χ1v) is 7.07. The first kappa shape index (κ1) is 12.9. The molecule has 0 aromatic heterocycles. The lowest BCUT2D eigenvalue weighted by molar-refractivity contribution is -0.136. The summed E-state index contributed by atoms with van der Waals surface area (Å²) in [6, 6.07) is 0.486. The van der Waals surface area contributed by atoms with Crippen molar-refractivity contribution in [1.82, 2.24) is 10.2 Å². The van der Waals surface area contributed by atoms with E-state index in [0.29, 0.717) is 17.9 Å². The predicted molar refractivity (Wildman–Crippen MR) is 69.8 cm³/mol. The Hall–Kier alpha value is -0.570. The maximum Gasteiger partial charge on any atom is 0.226 e. The quantitative estimate of drug-likeness (QED) is 0.812. The molecule has 0 bridgehead atoms. The maximum atomic E-state index is 12.5. The molecule has 2 fully saturated rings. The second kappa shape index (κ2) is 4.97. The maximum absolute atomic E-state index is 12.5. The normalized spacial score (nSPS) is 27.8. The molecule has 17 heavy (non-hydrogen) atoms. The van der Waals surface area contributed by atoms with Crippen LogP contribution in [0.25, 0.3) is 0 Å². The zero-order valence-electron chi connectivity index (χ0n) is 11.5. The van der Waals surface area contributed by atoms with Gasteiger partial charge in [-0.25, -0.2) is 0 Å². The van der Waals surface area contributed by atoms with Crippen molar-refractivity contribution in [1.29, 1.82) is 0 Å². The van der Waals surface area contributed by atoms with Gasteiger partial charge in [0.2, 0.25) is 5.91 Å². The summed E-state index contributed by atoms with van der Waals surface area (Å²) < 4.78 is 0. The van der Waals surface area contributed by atoms with Crippen LogP contribution in [-0.4, -0.2) is 36.5 Å². The van der Waals surface area contributed by atoms with Gasteiger partial charge in [-0.3, -0.25) is 4.79 Å². The summed E-state index contributed by atoms with van der Waals surface area (Å²) in [4.78, 5) is 14.7. The number of hydrogen-bond acceptors (Lipinski definition) is 2. The highest BCUT2D eigenvalue weighted by molar-refractivity contribution is 5.82. The van der Waals surface area contributed by atoms with Gasteiger partial charge in [0.05, 0.1) is 0 Å². The zero-order chi connectivity index (χ0) is 12.5. The van der Waals surface area contributed by atoms with E-state index in [4.69, 9.17) is 0 Å². The van der Waals surface area contributed by atoms with Gasteiger partial charge in [0.15, 0.2) is 0 Å². The zero-order valence-corrected chi connectivity index (χ0v) is 11.5. The van der Waals surface area contributed by atoms with Crippen LogP contribution in [0.4, 0.5) is 0 Å². The van der Waals surface area contributed by atoms with E-state index in [1.165, 1.54) is 0 Å². The van der Waals surface area contributed by atoms with Crippen molar-refractivity contribution < 1.29 is 4.79 Å². The molecule has 2 rings (SSSR count). The highest BCUT2D eigenvalue weighted by Crippen LogP contribution is 2.52. The molecule has 1 heterocycles. The lowest BCUT2D eigenvalue weighted by Crippen LogP contribution is -2.47. The molecular weight excluding hydrogens is 212 g/mol. The molecule has 1 unspecified atom stereocenters. The molecule has 3 nitrogen and oxygen atoms in total. The van der Waals surface area contributed by atoms with Crippen LogP contribution in [0, 0.1) is 11.3 Å². The summed E-state index contributed by atoms with van der Waals surface area (Å²) in [5, 5.41) is 3.37. The Morgan fingerprint density at radius 2 is 1.94 bits per heavy atom. The molecule has 1 aliphatic carbocycles. The topological polar surface area (TPSA) is 32.3 Å². The van der Waals surface area contributed by atoms with Crippen molar-refractivity contribution in [3.05, 3.63) is 0 Å². The van der Waals surface area contributed by atoms with E-state index >= 15 is 0 Å². The largest absolute Gasteiger partial charge is 0.339 e. The molecule has 3 heteroatoms. The smallest absolute Gasteiger partial charge is 0.226 e. The average Bonchev–Trinajstić information content (AvgIpc) is 2.96. The Balaban J connectivity index is 1.98. The van der Waals surface area contributed by atoms with Crippen molar-refractivity contribution in [3.8, 4) is 0 Å². The van der Waals surface area contributed by atoms with Gasteiger partial charge >= 0.3 is 0 Å². The monoisotopic (exact) mass is 238 g/mol. The van der Waals surface area contributed by atoms with Crippen molar-refractivity contribution in [2.45, 2.75) is 52.5 Å². The molecule has 0 aromatic rings. The van der Waals surface area contributed by atoms with Crippen molar-refractivity contribution in [2.24, 2.45) is 11.3 Å². The van der Waals surface area contributed by atoms with E-state index in [2.05, 4.69) is 31.0 Å². The minimum absolute atomic E-state index is 0.260. The molecule has 1 saturated heterocycles. The Bertz CT molecular complexity index is 282. The fraction of sp³-hybridized carbons (Fsp3) is 0.929. The fourth-order valence-corrected chi connectivity index (χ4v) is 2.92. The average molecular weight is 238 g/mol.